The van der Waals surface area contributed by atoms with Crippen molar-refractivity contribution in [3.8, 4) is 0 Å². The average Bonchev–Trinajstić information content (AvgIpc) is 2.39. The molecule has 0 saturated carbocycles. The number of carbonyl (C=O) groups excluding carboxylic acids is 2. The first-order valence-corrected chi connectivity index (χ1v) is 7.32. The molecule has 3 N–H and O–H groups in total. The van der Waals surface area contributed by atoms with Crippen molar-refractivity contribution in [2.24, 2.45) is 11.7 Å². The van der Waals surface area contributed by atoms with Crippen LogP contribution in [0.15, 0.2) is 0 Å². The molecule has 5 heteroatoms. The fourth-order valence-corrected chi connectivity index (χ4v) is 2.22. The van der Waals surface area contributed by atoms with E-state index in [1.54, 1.807) is 0 Å². The average molecular weight is 269 g/mol. The summed E-state index contributed by atoms with van der Waals surface area (Å²) in [7, 11) is 0. The van der Waals surface area contributed by atoms with Gasteiger partial charge in [0, 0.05) is 31.5 Å². The molecule has 1 aliphatic rings. The SMILES string of the molecule is CC(C)C(=O)NC1CCN(C(=O)CCCCN)CC1. The molecule has 2 amide bonds. The molecule has 0 bridgehead atoms. The number of piperidine rings is 1. The number of nitrogens with one attached hydrogen (secondary N) is 1. The minimum absolute atomic E-state index is 0.0240. The summed E-state index contributed by atoms with van der Waals surface area (Å²) in [4.78, 5) is 25.4. The lowest BCUT2D eigenvalue weighted by Gasteiger charge is -2.32. The minimum Gasteiger partial charge on any atom is -0.353 e. The highest BCUT2D eigenvalue weighted by molar-refractivity contribution is 5.78. The number of nitrogens with two attached hydrogens (primary N) is 1. The monoisotopic (exact) mass is 269 g/mol. The van der Waals surface area contributed by atoms with Crippen LogP contribution in [0.3, 0.4) is 0 Å². The maximum Gasteiger partial charge on any atom is 0.222 e. The molecule has 0 radical (unpaired) electrons. The van der Waals surface area contributed by atoms with Crippen molar-refractivity contribution in [3.63, 3.8) is 0 Å². The highest BCUT2D eigenvalue weighted by Gasteiger charge is 2.23. The smallest absolute Gasteiger partial charge is 0.222 e. The van der Waals surface area contributed by atoms with Gasteiger partial charge in [-0.05, 0) is 32.2 Å². The number of unbranched alkanes of at least 4 members (excludes halogenated alkanes) is 1. The number of carbonyl (C=O) groups is 2. The van der Waals surface area contributed by atoms with Crippen LogP contribution in [-0.4, -0.2) is 42.4 Å². The Balaban J connectivity index is 2.24. The summed E-state index contributed by atoms with van der Waals surface area (Å²) in [6.07, 6.45) is 4.11. The summed E-state index contributed by atoms with van der Waals surface area (Å²) in [6, 6.07) is 0.225. The Morgan fingerprint density at radius 1 is 1.26 bits per heavy atom. The molecule has 1 rings (SSSR count). The van der Waals surface area contributed by atoms with E-state index in [1.165, 1.54) is 0 Å². The molecular weight excluding hydrogens is 242 g/mol. The molecule has 0 aromatic heterocycles. The molecule has 1 fully saturated rings. The second-order valence-electron chi connectivity index (χ2n) is 5.56. The first-order chi connectivity index (χ1) is 9.04. The number of hydrogen-bond acceptors (Lipinski definition) is 3. The third-order valence-corrected chi connectivity index (χ3v) is 3.56. The molecule has 0 aromatic rings. The summed E-state index contributed by atoms with van der Waals surface area (Å²) in [5, 5.41) is 3.04. The molecule has 0 spiro atoms. The summed E-state index contributed by atoms with van der Waals surface area (Å²) in [6.45, 7) is 5.95. The van der Waals surface area contributed by atoms with Gasteiger partial charge in [-0.3, -0.25) is 9.59 Å². The zero-order valence-corrected chi connectivity index (χ0v) is 12.2. The second kappa shape index (κ2) is 8.15. The van der Waals surface area contributed by atoms with Crippen molar-refractivity contribution in [2.45, 2.75) is 52.0 Å². The Hall–Kier alpha value is -1.10. The largest absolute Gasteiger partial charge is 0.353 e. The van der Waals surface area contributed by atoms with E-state index >= 15 is 0 Å². The first-order valence-electron chi connectivity index (χ1n) is 7.32. The quantitative estimate of drug-likeness (QED) is 0.703. The van der Waals surface area contributed by atoms with Crippen molar-refractivity contribution >= 4 is 11.8 Å². The van der Waals surface area contributed by atoms with E-state index in [1.807, 2.05) is 18.7 Å². The number of likely N-dealkylation sites (tertiary alicyclic amines) is 1. The Bertz CT molecular complexity index is 297. The lowest BCUT2D eigenvalue weighted by molar-refractivity contribution is -0.132. The van der Waals surface area contributed by atoms with Crippen molar-refractivity contribution in [1.29, 1.82) is 0 Å². The van der Waals surface area contributed by atoms with Crippen molar-refractivity contribution in [1.82, 2.24) is 10.2 Å². The zero-order valence-electron chi connectivity index (χ0n) is 12.2. The molecule has 1 aliphatic heterocycles. The Kier molecular flexibility index (Phi) is 6.84. The van der Waals surface area contributed by atoms with Gasteiger partial charge in [0.2, 0.25) is 11.8 Å². The van der Waals surface area contributed by atoms with Crippen molar-refractivity contribution in [3.05, 3.63) is 0 Å². The van der Waals surface area contributed by atoms with Crippen LogP contribution in [0.25, 0.3) is 0 Å². The highest BCUT2D eigenvalue weighted by Crippen LogP contribution is 2.13. The standard InChI is InChI=1S/C14H27N3O2/c1-11(2)14(19)16-12-6-9-17(10-7-12)13(18)5-3-4-8-15/h11-12H,3-10,15H2,1-2H3,(H,16,19). The van der Waals surface area contributed by atoms with Gasteiger partial charge in [-0.15, -0.1) is 0 Å². The summed E-state index contributed by atoms with van der Waals surface area (Å²) in [5.74, 6) is 0.353. The van der Waals surface area contributed by atoms with Gasteiger partial charge in [-0.2, -0.15) is 0 Å². The van der Waals surface area contributed by atoms with Crippen LogP contribution in [-0.2, 0) is 9.59 Å². The van der Waals surface area contributed by atoms with E-state index in [-0.39, 0.29) is 23.8 Å². The lowest BCUT2D eigenvalue weighted by atomic mass is 10.0. The molecule has 19 heavy (non-hydrogen) atoms. The topological polar surface area (TPSA) is 75.4 Å². The molecule has 0 unspecified atom stereocenters. The van der Waals surface area contributed by atoms with Gasteiger partial charge < -0.3 is 16.0 Å². The van der Waals surface area contributed by atoms with E-state index in [4.69, 9.17) is 5.73 Å². The second-order valence-corrected chi connectivity index (χ2v) is 5.56. The molecule has 110 valence electrons. The molecule has 1 heterocycles. The number of nitrogens with zero attached hydrogens (tertiary/aromatic N) is 1. The fourth-order valence-electron chi connectivity index (χ4n) is 2.22. The van der Waals surface area contributed by atoms with E-state index in [0.717, 1.165) is 38.8 Å². The van der Waals surface area contributed by atoms with Crippen LogP contribution >= 0.6 is 0 Å². The molecular formula is C14H27N3O2. The highest BCUT2D eigenvalue weighted by atomic mass is 16.2. The van der Waals surface area contributed by atoms with Gasteiger partial charge in [0.15, 0.2) is 0 Å². The predicted molar refractivity (Wildman–Crippen MR) is 75.5 cm³/mol. The lowest BCUT2D eigenvalue weighted by Crippen LogP contribution is -2.47. The van der Waals surface area contributed by atoms with Gasteiger partial charge in [0.25, 0.3) is 0 Å². The Morgan fingerprint density at radius 2 is 1.89 bits per heavy atom. The summed E-state index contributed by atoms with van der Waals surface area (Å²) >= 11 is 0. The Morgan fingerprint density at radius 3 is 2.42 bits per heavy atom. The predicted octanol–water partition coefficient (Wildman–Crippen LogP) is 0.879. The van der Waals surface area contributed by atoms with Crippen LogP contribution in [0.2, 0.25) is 0 Å². The van der Waals surface area contributed by atoms with Crippen LogP contribution < -0.4 is 11.1 Å². The molecule has 0 aliphatic carbocycles. The number of hydrogen-bond donors (Lipinski definition) is 2. The maximum atomic E-state index is 11.9. The third-order valence-electron chi connectivity index (χ3n) is 3.56. The van der Waals surface area contributed by atoms with Gasteiger partial charge in [0.05, 0.1) is 0 Å². The van der Waals surface area contributed by atoms with Gasteiger partial charge in [0.1, 0.15) is 0 Å². The number of rotatable bonds is 6. The van der Waals surface area contributed by atoms with E-state index in [2.05, 4.69) is 5.32 Å². The molecule has 5 nitrogen and oxygen atoms in total. The van der Waals surface area contributed by atoms with Crippen LogP contribution in [0, 0.1) is 5.92 Å². The summed E-state index contributed by atoms with van der Waals surface area (Å²) in [5.41, 5.74) is 5.42. The van der Waals surface area contributed by atoms with Crippen molar-refractivity contribution < 1.29 is 9.59 Å². The third kappa shape index (κ3) is 5.59. The van der Waals surface area contributed by atoms with Gasteiger partial charge >= 0.3 is 0 Å². The van der Waals surface area contributed by atoms with Crippen LogP contribution in [0.5, 0.6) is 0 Å². The Labute approximate surface area is 115 Å². The van der Waals surface area contributed by atoms with Gasteiger partial charge in [-0.25, -0.2) is 0 Å². The minimum atomic E-state index is 0.0240. The molecule has 0 atom stereocenters. The van der Waals surface area contributed by atoms with Crippen molar-refractivity contribution in [2.75, 3.05) is 19.6 Å². The van der Waals surface area contributed by atoms with Crippen LogP contribution in [0.1, 0.15) is 46.0 Å². The summed E-state index contributed by atoms with van der Waals surface area (Å²) < 4.78 is 0. The number of amides is 2. The van der Waals surface area contributed by atoms with E-state index in [0.29, 0.717) is 13.0 Å². The van der Waals surface area contributed by atoms with E-state index in [9.17, 15) is 9.59 Å². The molecule has 1 saturated heterocycles. The van der Waals surface area contributed by atoms with E-state index < -0.39 is 0 Å². The first kappa shape index (κ1) is 16.0. The fraction of sp³-hybridized carbons (Fsp3) is 0.857. The normalized spacial score (nSPS) is 16.7. The maximum absolute atomic E-state index is 11.9. The molecule has 0 aromatic carbocycles. The van der Waals surface area contributed by atoms with Crippen LogP contribution in [0.4, 0.5) is 0 Å². The zero-order chi connectivity index (χ0) is 14.3. The van der Waals surface area contributed by atoms with Gasteiger partial charge in [-0.1, -0.05) is 13.8 Å².